The first-order chi connectivity index (χ1) is 9.91. The van der Waals surface area contributed by atoms with Crippen molar-refractivity contribution in [2.75, 3.05) is 30.5 Å². The monoisotopic (exact) mass is 332 g/mol. The molecule has 1 atom stereocenters. The van der Waals surface area contributed by atoms with E-state index in [1.807, 2.05) is 0 Å². The number of esters is 1. The second-order valence-electron chi connectivity index (χ2n) is 4.67. The number of rotatable bonds is 4. The average molecular weight is 332 g/mol. The summed E-state index contributed by atoms with van der Waals surface area (Å²) in [7, 11) is -1.81. The third kappa shape index (κ3) is 4.26. The second-order valence-corrected chi connectivity index (χ2v) is 7.82. The largest absolute Gasteiger partial charge is 0.465 e. The average Bonchev–Trinajstić information content (AvgIpc) is 2.84. The van der Waals surface area contributed by atoms with Crippen LogP contribution in [-0.4, -0.2) is 51.5 Å². The summed E-state index contributed by atoms with van der Waals surface area (Å²) in [4.78, 5) is 23.8. The molecule has 1 saturated heterocycles. The van der Waals surface area contributed by atoms with E-state index >= 15 is 0 Å². The summed E-state index contributed by atoms with van der Waals surface area (Å²) in [6.45, 7) is 0.353. The molecule has 0 bridgehead atoms. The molecule has 1 fully saturated rings. The number of methoxy groups -OCH3 is 1. The van der Waals surface area contributed by atoms with E-state index < -0.39 is 21.8 Å². The zero-order chi connectivity index (χ0) is 15.5. The van der Waals surface area contributed by atoms with Gasteiger partial charge < -0.3 is 15.4 Å². The van der Waals surface area contributed by atoms with Gasteiger partial charge in [-0.1, -0.05) is 0 Å². The van der Waals surface area contributed by atoms with Crippen LogP contribution < -0.4 is 10.6 Å². The van der Waals surface area contributed by atoms with Crippen LogP contribution in [0.25, 0.3) is 0 Å². The first-order valence-electron chi connectivity index (χ1n) is 6.31. The summed E-state index contributed by atoms with van der Waals surface area (Å²) in [6.07, 6.45) is 0.0374. The van der Waals surface area contributed by atoms with Gasteiger partial charge in [-0.15, -0.1) is 11.3 Å². The van der Waals surface area contributed by atoms with Crippen LogP contribution in [0.4, 0.5) is 5.69 Å². The topological polar surface area (TPSA) is 102 Å². The van der Waals surface area contributed by atoms with Gasteiger partial charge in [0.25, 0.3) is 0 Å². The Kier molecular flexibility index (Phi) is 4.96. The summed E-state index contributed by atoms with van der Waals surface area (Å²) in [6, 6.07) is 1.21. The number of hydrogen-bond donors (Lipinski definition) is 2. The minimum atomic E-state index is -3.08. The molecule has 1 amide bonds. The van der Waals surface area contributed by atoms with Crippen LogP contribution in [0.15, 0.2) is 11.4 Å². The van der Waals surface area contributed by atoms with E-state index in [1.54, 1.807) is 11.4 Å². The van der Waals surface area contributed by atoms with Crippen molar-refractivity contribution in [3.8, 4) is 0 Å². The maximum Gasteiger partial charge on any atom is 0.350 e. The molecule has 1 unspecified atom stereocenters. The van der Waals surface area contributed by atoms with Crippen LogP contribution in [0.2, 0.25) is 0 Å². The van der Waals surface area contributed by atoms with Crippen molar-refractivity contribution in [3.05, 3.63) is 16.3 Å². The van der Waals surface area contributed by atoms with Gasteiger partial charge in [0.1, 0.15) is 4.88 Å². The summed E-state index contributed by atoms with van der Waals surface area (Å²) in [5.74, 6) is -0.803. The lowest BCUT2D eigenvalue weighted by atomic mass is 10.2. The molecule has 9 heteroatoms. The lowest BCUT2D eigenvalue weighted by molar-refractivity contribution is -0.116. The predicted molar refractivity (Wildman–Crippen MR) is 79.3 cm³/mol. The fourth-order valence-electron chi connectivity index (χ4n) is 2.08. The highest BCUT2D eigenvalue weighted by molar-refractivity contribution is 7.91. The molecule has 0 aromatic carbocycles. The molecule has 1 aliphatic rings. The van der Waals surface area contributed by atoms with Gasteiger partial charge in [0.05, 0.1) is 24.3 Å². The van der Waals surface area contributed by atoms with Crippen LogP contribution >= 0.6 is 11.3 Å². The molecule has 0 spiro atoms. The highest BCUT2D eigenvalue weighted by Gasteiger charge is 2.26. The van der Waals surface area contributed by atoms with Crippen LogP contribution in [0.3, 0.4) is 0 Å². The van der Waals surface area contributed by atoms with Crippen LogP contribution in [0.5, 0.6) is 0 Å². The number of carbonyl (C=O) groups is 2. The number of carbonyl (C=O) groups excluding carboxylic acids is 2. The molecule has 0 aliphatic carbocycles. The molecule has 2 N–H and O–H groups in total. The predicted octanol–water partition coefficient (Wildman–Crippen LogP) is 0.250. The van der Waals surface area contributed by atoms with Crippen molar-refractivity contribution >= 4 is 38.7 Å². The van der Waals surface area contributed by atoms with Crippen molar-refractivity contribution in [1.29, 1.82) is 0 Å². The normalized spacial score (nSPS) is 20.7. The first-order valence-corrected chi connectivity index (χ1v) is 9.01. The molecule has 1 aromatic rings. The molecule has 1 aliphatic heterocycles. The zero-order valence-corrected chi connectivity index (χ0v) is 13.1. The summed E-state index contributed by atoms with van der Waals surface area (Å²) in [5.41, 5.74) is 0.385. The van der Waals surface area contributed by atoms with Crippen molar-refractivity contribution in [1.82, 2.24) is 5.32 Å². The smallest absolute Gasteiger partial charge is 0.350 e. The molecule has 0 radical (unpaired) electrons. The van der Waals surface area contributed by atoms with Gasteiger partial charge in [-0.25, -0.2) is 13.2 Å². The fraction of sp³-hybridized carbons (Fsp3) is 0.500. The Bertz CT molecular complexity index is 638. The molecule has 2 rings (SSSR count). The van der Waals surface area contributed by atoms with E-state index in [4.69, 9.17) is 0 Å². The molecule has 116 valence electrons. The third-order valence-corrected chi connectivity index (χ3v) is 5.67. The maximum atomic E-state index is 12.0. The highest BCUT2D eigenvalue weighted by atomic mass is 32.2. The number of hydrogen-bond acceptors (Lipinski definition) is 7. The van der Waals surface area contributed by atoms with Crippen LogP contribution in [-0.2, 0) is 19.4 Å². The Hall–Kier alpha value is -1.45. The Balaban J connectivity index is 1.96. The van der Waals surface area contributed by atoms with Crippen LogP contribution in [0.1, 0.15) is 16.1 Å². The third-order valence-electron chi connectivity index (χ3n) is 3.04. The van der Waals surface area contributed by atoms with Crippen molar-refractivity contribution in [2.24, 2.45) is 0 Å². The minimum Gasteiger partial charge on any atom is -0.465 e. The minimum absolute atomic E-state index is 0.0374. The Morgan fingerprint density at radius 3 is 2.95 bits per heavy atom. The summed E-state index contributed by atoms with van der Waals surface area (Å²) >= 11 is 1.17. The number of sulfone groups is 1. The van der Waals surface area contributed by atoms with E-state index in [1.165, 1.54) is 18.4 Å². The van der Waals surface area contributed by atoms with Crippen molar-refractivity contribution < 1.29 is 22.7 Å². The van der Waals surface area contributed by atoms with E-state index in [0.717, 1.165) is 0 Å². The Labute approximate surface area is 126 Å². The quantitative estimate of drug-likeness (QED) is 0.767. The van der Waals surface area contributed by atoms with Gasteiger partial charge in [-0.3, -0.25) is 4.79 Å². The summed E-state index contributed by atoms with van der Waals surface area (Å²) < 4.78 is 27.6. The SMILES string of the molecule is COC(=O)c1sccc1NC(=O)CC1CS(=O)(=O)CCN1. The number of thiophene rings is 1. The molecule has 2 heterocycles. The fourth-order valence-corrected chi connectivity index (χ4v) is 4.29. The molecule has 0 saturated carbocycles. The number of nitrogens with one attached hydrogen (secondary N) is 2. The van der Waals surface area contributed by atoms with Gasteiger partial charge in [0, 0.05) is 19.0 Å². The number of anilines is 1. The first kappa shape index (κ1) is 15.9. The number of ether oxygens (including phenoxy) is 1. The van der Waals surface area contributed by atoms with Crippen LogP contribution in [0, 0.1) is 0 Å². The zero-order valence-electron chi connectivity index (χ0n) is 11.4. The van der Waals surface area contributed by atoms with Gasteiger partial charge in [0.2, 0.25) is 5.91 Å². The highest BCUT2D eigenvalue weighted by Crippen LogP contribution is 2.23. The van der Waals surface area contributed by atoms with E-state index in [2.05, 4.69) is 15.4 Å². The van der Waals surface area contributed by atoms with Gasteiger partial charge in [-0.2, -0.15) is 0 Å². The van der Waals surface area contributed by atoms with Crippen molar-refractivity contribution in [3.63, 3.8) is 0 Å². The lowest BCUT2D eigenvalue weighted by Gasteiger charge is -2.23. The van der Waals surface area contributed by atoms with Gasteiger partial charge >= 0.3 is 5.97 Å². The van der Waals surface area contributed by atoms with Gasteiger partial charge in [0.15, 0.2) is 9.84 Å². The molecule has 7 nitrogen and oxygen atoms in total. The Morgan fingerprint density at radius 1 is 1.52 bits per heavy atom. The lowest BCUT2D eigenvalue weighted by Crippen LogP contribution is -2.46. The van der Waals surface area contributed by atoms with E-state index in [0.29, 0.717) is 17.1 Å². The van der Waals surface area contributed by atoms with E-state index in [9.17, 15) is 18.0 Å². The maximum absolute atomic E-state index is 12.0. The van der Waals surface area contributed by atoms with Gasteiger partial charge in [-0.05, 0) is 11.4 Å². The standard InChI is InChI=1S/C12H16N2O5S2/c1-19-12(16)11-9(2-4-20-11)14-10(15)6-8-7-21(17,18)5-3-13-8/h2,4,8,13H,3,5-7H2,1H3,(H,14,15). The number of amides is 1. The van der Waals surface area contributed by atoms with E-state index in [-0.39, 0.29) is 23.8 Å². The molecule has 1 aromatic heterocycles. The summed E-state index contributed by atoms with van der Waals surface area (Å²) in [5, 5.41) is 7.29. The molecule has 21 heavy (non-hydrogen) atoms. The molecular weight excluding hydrogens is 316 g/mol. The Morgan fingerprint density at radius 2 is 2.29 bits per heavy atom. The molecular formula is C12H16N2O5S2. The van der Waals surface area contributed by atoms with Crippen molar-refractivity contribution in [2.45, 2.75) is 12.5 Å². The second kappa shape index (κ2) is 6.54.